The molecule has 0 spiro atoms. The third-order valence-corrected chi connectivity index (χ3v) is 1.90. The molecular formula is C7H11N3OS. The number of aryl methyl sites for hydroxylation is 1. The number of aromatic amines is 1. The number of aromatic nitrogens is 2. The van der Waals surface area contributed by atoms with Crippen LogP contribution in [0.4, 0.5) is 0 Å². The molecular weight excluding hydrogens is 174 g/mol. The number of amides is 1. The van der Waals surface area contributed by atoms with Crippen LogP contribution in [-0.2, 0) is 11.3 Å². The van der Waals surface area contributed by atoms with Gasteiger partial charge in [-0.05, 0) is 18.6 Å². The van der Waals surface area contributed by atoms with Crippen LogP contribution in [-0.4, -0.2) is 15.5 Å². The Kier molecular flexibility index (Phi) is 3.04. The second kappa shape index (κ2) is 4.06. The van der Waals surface area contributed by atoms with E-state index in [1.165, 1.54) is 0 Å². The smallest absolute Gasteiger partial charge is 0.217 e. The van der Waals surface area contributed by atoms with Crippen molar-refractivity contribution in [3.8, 4) is 0 Å². The first-order chi connectivity index (χ1) is 5.70. The maximum Gasteiger partial charge on any atom is 0.217 e. The number of carbonyl (C=O) groups is 1. The molecule has 0 aliphatic heterocycles. The molecule has 1 heterocycles. The molecule has 1 aromatic heterocycles. The van der Waals surface area contributed by atoms with Gasteiger partial charge in [0.2, 0.25) is 5.91 Å². The van der Waals surface area contributed by atoms with Gasteiger partial charge in [-0.2, -0.15) is 0 Å². The molecule has 0 atom stereocenters. The van der Waals surface area contributed by atoms with Gasteiger partial charge < -0.3 is 15.3 Å². The van der Waals surface area contributed by atoms with E-state index in [0.717, 1.165) is 13.0 Å². The number of carbonyl (C=O) groups excluding carboxylic acids is 1. The summed E-state index contributed by atoms with van der Waals surface area (Å²) < 4.78 is 2.55. The number of hydrogen-bond acceptors (Lipinski definition) is 2. The highest BCUT2D eigenvalue weighted by molar-refractivity contribution is 7.71. The van der Waals surface area contributed by atoms with Crippen molar-refractivity contribution in [2.75, 3.05) is 0 Å². The van der Waals surface area contributed by atoms with Crippen molar-refractivity contribution in [2.45, 2.75) is 19.4 Å². The second-order valence-corrected chi connectivity index (χ2v) is 2.92. The topological polar surface area (TPSA) is 63.8 Å². The molecule has 0 saturated carbocycles. The molecule has 1 rings (SSSR count). The summed E-state index contributed by atoms with van der Waals surface area (Å²) in [7, 11) is 0. The number of primary amides is 1. The zero-order chi connectivity index (χ0) is 8.97. The maximum absolute atomic E-state index is 10.4. The number of H-pyrrole nitrogens is 1. The van der Waals surface area contributed by atoms with Crippen LogP contribution in [0.15, 0.2) is 12.4 Å². The first-order valence-electron chi connectivity index (χ1n) is 3.72. The van der Waals surface area contributed by atoms with Crippen molar-refractivity contribution >= 4 is 18.1 Å². The third kappa shape index (κ3) is 2.50. The Labute approximate surface area is 75.4 Å². The lowest BCUT2D eigenvalue weighted by Crippen LogP contribution is -2.11. The minimum Gasteiger partial charge on any atom is -0.370 e. The second-order valence-electron chi connectivity index (χ2n) is 2.53. The summed E-state index contributed by atoms with van der Waals surface area (Å²) in [4.78, 5) is 13.3. The van der Waals surface area contributed by atoms with Gasteiger partial charge >= 0.3 is 0 Å². The highest BCUT2D eigenvalue weighted by atomic mass is 32.1. The SMILES string of the molecule is NC(=O)CCCn1cc[nH]c1=S. The molecule has 3 N–H and O–H groups in total. The van der Waals surface area contributed by atoms with Crippen molar-refractivity contribution in [1.82, 2.24) is 9.55 Å². The molecule has 0 aliphatic carbocycles. The highest BCUT2D eigenvalue weighted by Gasteiger charge is 1.95. The third-order valence-electron chi connectivity index (χ3n) is 1.54. The molecule has 0 saturated heterocycles. The average Bonchev–Trinajstić information content (AvgIpc) is 2.36. The quantitative estimate of drug-likeness (QED) is 0.682. The van der Waals surface area contributed by atoms with E-state index in [2.05, 4.69) is 4.98 Å². The van der Waals surface area contributed by atoms with Crippen molar-refractivity contribution in [3.05, 3.63) is 17.2 Å². The molecule has 0 unspecified atom stereocenters. The van der Waals surface area contributed by atoms with Gasteiger partial charge in [-0.15, -0.1) is 0 Å². The highest BCUT2D eigenvalue weighted by Crippen LogP contribution is 1.96. The van der Waals surface area contributed by atoms with Gasteiger partial charge in [0.1, 0.15) is 0 Å². The van der Waals surface area contributed by atoms with E-state index in [1.54, 1.807) is 6.20 Å². The molecule has 5 heteroatoms. The summed E-state index contributed by atoms with van der Waals surface area (Å²) in [6.45, 7) is 0.741. The van der Waals surface area contributed by atoms with E-state index in [1.807, 2.05) is 10.8 Å². The minimum atomic E-state index is -0.267. The Morgan fingerprint density at radius 1 is 1.75 bits per heavy atom. The lowest BCUT2D eigenvalue weighted by molar-refractivity contribution is -0.118. The van der Waals surface area contributed by atoms with Crippen LogP contribution in [0.25, 0.3) is 0 Å². The Balaban J connectivity index is 2.39. The Hall–Kier alpha value is -1.10. The van der Waals surface area contributed by atoms with Crippen molar-refractivity contribution < 1.29 is 4.79 Å². The summed E-state index contributed by atoms with van der Waals surface area (Å²) in [5, 5.41) is 0. The fourth-order valence-corrected chi connectivity index (χ4v) is 1.17. The average molecular weight is 185 g/mol. The summed E-state index contributed by atoms with van der Waals surface area (Å²) in [6, 6.07) is 0. The van der Waals surface area contributed by atoms with Gasteiger partial charge in [-0.1, -0.05) is 0 Å². The molecule has 0 radical (unpaired) electrons. The van der Waals surface area contributed by atoms with E-state index in [-0.39, 0.29) is 5.91 Å². The molecule has 66 valence electrons. The van der Waals surface area contributed by atoms with Gasteiger partial charge in [0.15, 0.2) is 4.77 Å². The van der Waals surface area contributed by atoms with Crippen LogP contribution in [0.5, 0.6) is 0 Å². The zero-order valence-corrected chi connectivity index (χ0v) is 7.43. The van der Waals surface area contributed by atoms with Crippen LogP contribution in [0, 0.1) is 4.77 Å². The molecule has 1 amide bonds. The van der Waals surface area contributed by atoms with Gasteiger partial charge in [-0.3, -0.25) is 4.79 Å². The number of hydrogen-bond donors (Lipinski definition) is 2. The number of nitrogens with one attached hydrogen (secondary N) is 1. The minimum absolute atomic E-state index is 0.267. The predicted molar refractivity (Wildman–Crippen MR) is 48.0 cm³/mol. The van der Waals surface area contributed by atoms with Crippen LogP contribution < -0.4 is 5.73 Å². The van der Waals surface area contributed by atoms with E-state index in [9.17, 15) is 4.79 Å². The van der Waals surface area contributed by atoms with Crippen LogP contribution in [0.3, 0.4) is 0 Å². The lowest BCUT2D eigenvalue weighted by atomic mass is 10.3. The summed E-state index contributed by atoms with van der Waals surface area (Å²) >= 11 is 4.96. The zero-order valence-electron chi connectivity index (χ0n) is 6.62. The van der Waals surface area contributed by atoms with Crippen molar-refractivity contribution in [2.24, 2.45) is 5.73 Å². The normalized spacial score (nSPS) is 10.0. The van der Waals surface area contributed by atoms with Crippen LogP contribution in [0.1, 0.15) is 12.8 Å². The van der Waals surface area contributed by atoms with E-state index in [0.29, 0.717) is 11.2 Å². The number of imidazole rings is 1. The summed E-state index contributed by atoms with van der Waals surface area (Å²) in [5.74, 6) is -0.267. The fraction of sp³-hybridized carbons (Fsp3) is 0.429. The predicted octanol–water partition coefficient (Wildman–Crippen LogP) is 0.811. The number of nitrogens with zero attached hydrogens (tertiary/aromatic N) is 1. The van der Waals surface area contributed by atoms with Gasteiger partial charge in [-0.25, -0.2) is 0 Å². The molecule has 0 fully saturated rings. The summed E-state index contributed by atoms with van der Waals surface area (Å²) in [6.07, 6.45) is 4.77. The van der Waals surface area contributed by atoms with E-state index >= 15 is 0 Å². The number of rotatable bonds is 4. The fourth-order valence-electron chi connectivity index (χ4n) is 0.949. The largest absolute Gasteiger partial charge is 0.370 e. The molecule has 1 aromatic rings. The maximum atomic E-state index is 10.4. The first kappa shape index (κ1) is 8.99. The Morgan fingerprint density at radius 2 is 2.50 bits per heavy atom. The standard InChI is InChI=1S/C7H11N3OS/c8-6(11)2-1-4-10-5-3-9-7(10)12/h3,5H,1-2,4H2,(H2,8,11)(H,9,12). The van der Waals surface area contributed by atoms with E-state index in [4.69, 9.17) is 18.0 Å². The van der Waals surface area contributed by atoms with Gasteiger partial charge in [0.25, 0.3) is 0 Å². The monoisotopic (exact) mass is 185 g/mol. The van der Waals surface area contributed by atoms with Crippen LogP contribution >= 0.6 is 12.2 Å². The molecule has 0 bridgehead atoms. The van der Waals surface area contributed by atoms with Crippen molar-refractivity contribution in [1.29, 1.82) is 0 Å². The molecule has 4 nitrogen and oxygen atoms in total. The van der Waals surface area contributed by atoms with Crippen molar-refractivity contribution in [3.63, 3.8) is 0 Å². The molecule has 12 heavy (non-hydrogen) atoms. The van der Waals surface area contributed by atoms with Crippen LogP contribution in [0.2, 0.25) is 0 Å². The van der Waals surface area contributed by atoms with Gasteiger partial charge in [0.05, 0.1) is 0 Å². The first-order valence-corrected chi connectivity index (χ1v) is 4.13. The Bertz CT molecular complexity index is 314. The summed E-state index contributed by atoms with van der Waals surface area (Å²) in [5.41, 5.74) is 4.99. The lowest BCUT2D eigenvalue weighted by Gasteiger charge is -1.98. The molecule has 0 aliphatic rings. The van der Waals surface area contributed by atoms with Gasteiger partial charge in [0, 0.05) is 25.4 Å². The molecule has 0 aromatic carbocycles. The number of nitrogens with two attached hydrogens (primary N) is 1. The van der Waals surface area contributed by atoms with E-state index < -0.39 is 0 Å². The Morgan fingerprint density at radius 3 is 3.00 bits per heavy atom.